The maximum absolute atomic E-state index is 14.3. The van der Waals surface area contributed by atoms with Crippen LogP contribution in [0.3, 0.4) is 0 Å². The highest BCUT2D eigenvalue weighted by Crippen LogP contribution is 2.55. The molecule has 4 N–H and O–H groups in total. The first-order chi connectivity index (χ1) is 34.5. The lowest BCUT2D eigenvalue weighted by atomic mass is 9.49. The number of nitrogens with one attached hydrogen (secondary N) is 3. The minimum Gasteiger partial charge on any atom is -0.489 e. The van der Waals surface area contributed by atoms with Gasteiger partial charge in [0.15, 0.2) is 0 Å². The number of aryl methyl sites for hydroxylation is 1. The summed E-state index contributed by atoms with van der Waals surface area (Å²) in [5.74, 6) is 0.681. The number of hydrogen-bond acceptors (Lipinski definition) is 13. The number of amides is 4. The number of hydrogen-bond donors (Lipinski definition) is 4. The van der Waals surface area contributed by atoms with Crippen LogP contribution in [0.5, 0.6) is 5.75 Å². The number of aromatic nitrogens is 3. The molecule has 1 saturated carbocycles. The van der Waals surface area contributed by atoms with Crippen LogP contribution in [0.25, 0.3) is 10.4 Å². The molecule has 0 bridgehead atoms. The molecular formula is C55H65ClN10O6S. The number of carbonyl (C=O) groups excluding carboxylic acids is 4. The van der Waals surface area contributed by atoms with Crippen LogP contribution in [0.1, 0.15) is 101 Å². The Labute approximate surface area is 436 Å². The number of thiazole rings is 1. The molecule has 8 rings (SSSR count). The maximum atomic E-state index is 14.3. The maximum Gasteiger partial charge on any atom is 0.253 e. The van der Waals surface area contributed by atoms with Crippen LogP contribution < -0.4 is 30.5 Å². The van der Waals surface area contributed by atoms with Gasteiger partial charge in [0.25, 0.3) is 5.91 Å². The lowest BCUT2D eigenvalue weighted by Crippen LogP contribution is -2.74. The number of nitriles is 1. The van der Waals surface area contributed by atoms with E-state index in [1.54, 1.807) is 54.1 Å². The van der Waals surface area contributed by atoms with Crippen LogP contribution in [-0.2, 0) is 20.8 Å². The van der Waals surface area contributed by atoms with Gasteiger partial charge < -0.3 is 40.5 Å². The number of carbonyl (C=O) groups is 4. The highest BCUT2D eigenvalue weighted by molar-refractivity contribution is 7.13. The second-order valence-corrected chi connectivity index (χ2v) is 23.0. The van der Waals surface area contributed by atoms with E-state index in [-0.39, 0.29) is 55.3 Å². The van der Waals surface area contributed by atoms with Gasteiger partial charge in [0, 0.05) is 74.5 Å². The smallest absolute Gasteiger partial charge is 0.253 e. The van der Waals surface area contributed by atoms with Crippen molar-refractivity contribution < 1.29 is 29.0 Å². The fourth-order valence-corrected chi connectivity index (χ4v) is 11.9. The van der Waals surface area contributed by atoms with E-state index in [2.05, 4.69) is 74.5 Å². The molecule has 5 aromatic rings. The number of aliphatic hydroxyl groups excluding tert-OH is 1. The molecule has 18 heteroatoms. The van der Waals surface area contributed by atoms with Crippen molar-refractivity contribution in [3.05, 3.63) is 118 Å². The number of ether oxygens (including phenoxy) is 1. The van der Waals surface area contributed by atoms with E-state index in [1.165, 1.54) is 4.90 Å². The Kier molecular flexibility index (Phi) is 15.2. The average Bonchev–Trinajstić information content (AvgIpc) is 3.98. The molecule has 0 radical (unpaired) electrons. The predicted octanol–water partition coefficient (Wildman–Crippen LogP) is 7.28. The number of pyridine rings is 2. The van der Waals surface area contributed by atoms with E-state index in [1.807, 2.05) is 76.5 Å². The third-order valence-electron chi connectivity index (χ3n) is 14.6. The van der Waals surface area contributed by atoms with Crippen molar-refractivity contribution >= 4 is 58.2 Å². The zero-order chi connectivity index (χ0) is 52.6. The Morgan fingerprint density at radius 1 is 0.918 bits per heavy atom. The van der Waals surface area contributed by atoms with Gasteiger partial charge in [-0.1, -0.05) is 84.3 Å². The van der Waals surface area contributed by atoms with Crippen LogP contribution >= 0.6 is 22.9 Å². The molecule has 4 atom stereocenters. The van der Waals surface area contributed by atoms with Crippen LogP contribution in [0.2, 0.25) is 5.02 Å². The standard InChI is InChI=1S/C55H65ClN10O6S/c1-32(35-10-12-36(13-11-35)46-33(2)60-31-73-46)61-49(70)42-26-39(67)30-66(42)50(71)47(53(3,4)5)62-45(68)25-34-18-19-58-44(24-34)65-22-20-64(21-23-65)43-17-15-38(29-59-43)48(69)63-51-54(6,7)52(55(51,8)9)72-40-16-14-37(28-57)41(56)27-40/h10-19,24,27,29,31-32,39,42,47,51-52,67H,20-23,25-26,30H2,1-9H3,(H,61,70)(H,62,68)(H,63,69)/t32?,39-,42+,47?,51-,52-/m1/s1. The van der Waals surface area contributed by atoms with Crippen LogP contribution in [0, 0.1) is 34.5 Å². The number of rotatable bonds is 14. The molecule has 73 heavy (non-hydrogen) atoms. The van der Waals surface area contributed by atoms with Crippen molar-refractivity contribution in [1.29, 1.82) is 5.26 Å². The van der Waals surface area contributed by atoms with Gasteiger partial charge in [-0.05, 0) is 72.4 Å². The number of piperazine rings is 1. The largest absolute Gasteiger partial charge is 0.489 e. The van der Waals surface area contributed by atoms with Gasteiger partial charge in [0.05, 0.1) is 50.8 Å². The third-order valence-corrected chi connectivity index (χ3v) is 15.9. The molecule has 5 heterocycles. The number of anilines is 2. The minimum atomic E-state index is -0.968. The van der Waals surface area contributed by atoms with Gasteiger partial charge >= 0.3 is 0 Å². The topological polar surface area (TPSA) is 206 Å². The molecule has 3 aromatic heterocycles. The lowest BCUT2D eigenvalue weighted by molar-refractivity contribution is -0.164. The molecule has 384 valence electrons. The molecule has 2 saturated heterocycles. The van der Waals surface area contributed by atoms with E-state index in [0.29, 0.717) is 48.1 Å². The fourth-order valence-electron chi connectivity index (χ4n) is 10.8. The molecule has 0 spiro atoms. The number of β-amino-alcohol motifs (C(OH)–C–C–N with tert-alkyl or cyclic N) is 1. The summed E-state index contributed by atoms with van der Waals surface area (Å²) in [6, 6.07) is 20.0. The van der Waals surface area contributed by atoms with E-state index < -0.39 is 40.3 Å². The molecule has 1 aliphatic carbocycles. The van der Waals surface area contributed by atoms with Crippen molar-refractivity contribution in [2.75, 3.05) is 42.5 Å². The van der Waals surface area contributed by atoms with Crippen molar-refractivity contribution in [2.45, 2.75) is 112 Å². The summed E-state index contributed by atoms with van der Waals surface area (Å²) in [4.78, 5) is 76.0. The predicted molar refractivity (Wildman–Crippen MR) is 282 cm³/mol. The van der Waals surface area contributed by atoms with E-state index in [4.69, 9.17) is 16.3 Å². The number of aliphatic hydroxyl groups is 1. The molecule has 2 aliphatic heterocycles. The summed E-state index contributed by atoms with van der Waals surface area (Å²) < 4.78 is 6.38. The van der Waals surface area contributed by atoms with Gasteiger partial charge in [-0.2, -0.15) is 5.26 Å². The molecular weight excluding hydrogens is 964 g/mol. The van der Waals surface area contributed by atoms with Gasteiger partial charge in [-0.25, -0.2) is 15.0 Å². The van der Waals surface area contributed by atoms with Crippen LogP contribution in [-0.4, -0.2) is 112 Å². The summed E-state index contributed by atoms with van der Waals surface area (Å²) in [7, 11) is 0. The lowest BCUT2D eigenvalue weighted by Gasteiger charge is -2.63. The highest BCUT2D eigenvalue weighted by atomic mass is 35.5. The van der Waals surface area contributed by atoms with Gasteiger partial charge in [-0.15, -0.1) is 11.3 Å². The van der Waals surface area contributed by atoms with Crippen LogP contribution in [0.4, 0.5) is 11.6 Å². The first kappa shape index (κ1) is 52.7. The van der Waals surface area contributed by atoms with Crippen LogP contribution in [0.15, 0.2) is 84.6 Å². The molecule has 2 aromatic carbocycles. The molecule has 16 nitrogen and oxygen atoms in total. The van der Waals surface area contributed by atoms with E-state index in [9.17, 15) is 29.5 Å². The first-order valence-corrected chi connectivity index (χ1v) is 26.0. The SMILES string of the molecule is Cc1ncsc1-c1ccc(C(C)NC(=O)[C@@H]2C[C@@H](O)CN2C(=O)C(NC(=O)Cc2ccnc(N3CCN(c4ccc(C(=O)N[C@H]5C(C)(C)[C@H](Oc6ccc(C#N)c(Cl)c6)C5(C)C)cn4)CC3)c2)C(C)(C)C)cc1. The summed E-state index contributed by atoms with van der Waals surface area (Å²) in [5, 5.41) is 29.6. The van der Waals surface area contributed by atoms with Crippen molar-refractivity contribution in [3.63, 3.8) is 0 Å². The van der Waals surface area contributed by atoms with E-state index >= 15 is 0 Å². The number of likely N-dealkylation sites (tertiary alicyclic amines) is 1. The Morgan fingerprint density at radius 2 is 1.60 bits per heavy atom. The number of benzene rings is 2. The number of nitrogens with zero attached hydrogens (tertiary/aromatic N) is 7. The van der Waals surface area contributed by atoms with Crippen molar-refractivity contribution in [1.82, 2.24) is 35.8 Å². The Hall–Kier alpha value is -6.61. The Balaban J connectivity index is 0.826. The zero-order valence-corrected chi connectivity index (χ0v) is 44.5. The monoisotopic (exact) mass is 1030 g/mol. The highest BCUT2D eigenvalue weighted by Gasteiger charge is 2.64. The molecule has 4 amide bonds. The molecule has 2 unspecified atom stereocenters. The second kappa shape index (κ2) is 21.1. The number of halogens is 1. The van der Waals surface area contributed by atoms with Crippen molar-refractivity contribution in [2.24, 2.45) is 16.2 Å². The first-order valence-electron chi connectivity index (χ1n) is 24.7. The molecule has 3 fully saturated rings. The summed E-state index contributed by atoms with van der Waals surface area (Å²) in [6.45, 7) is 20.3. The van der Waals surface area contributed by atoms with Gasteiger partial charge in [0.2, 0.25) is 17.7 Å². The fraction of sp³-hybridized carbons (Fsp3) is 0.455. The summed E-state index contributed by atoms with van der Waals surface area (Å²) >= 11 is 7.84. The zero-order valence-electron chi connectivity index (χ0n) is 42.9. The van der Waals surface area contributed by atoms with E-state index in [0.717, 1.165) is 38.9 Å². The Morgan fingerprint density at radius 3 is 2.21 bits per heavy atom. The summed E-state index contributed by atoms with van der Waals surface area (Å²) in [6.07, 6.45) is 2.26. The third kappa shape index (κ3) is 11.3. The van der Waals surface area contributed by atoms with Crippen molar-refractivity contribution in [3.8, 4) is 22.3 Å². The molecule has 3 aliphatic rings. The second-order valence-electron chi connectivity index (χ2n) is 21.8. The van der Waals surface area contributed by atoms with Gasteiger partial charge in [0.1, 0.15) is 41.6 Å². The average molecular weight is 1030 g/mol. The normalized spacial score (nSPS) is 21.0. The Bertz CT molecular complexity index is 2870. The summed E-state index contributed by atoms with van der Waals surface area (Å²) in [5.41, 5.74) is 4.75. The quantitative estimate of drug-likeness (QED) is 0.0866. The van der Waals surface area contributed by atoms with Gasteiger partial charge in [-0.3, -0.25) is 19.2 Å². The minimum absolute atomic E-state index is 0.00260.